The van der Waals surface area contributed by atoms with Crippen molar-refractivity contribution >= 4 is 27.5 Å². The van der Waals surface area contributed by atoms with E-state index in [2.05, 4.69) is 16.0 Å². The average molecular weight is 370 g/mol. The largest absolute Gasteiger partial charge is 0.454 e. The number of amides is 1. The molecule has 2 aromatic heterocycles. The van der Waals surface area contributed by atoms with Gasteiger partial charge in [-0.3, -0.25) is 4.79 Å². The molecule has 1 saturated heterocycles. The molecule has 7 heteroatoms. The van der Waals surface area contributed by atoms with E-state index in [9.17, 15) is 4.79 Å². The first-order chi connectivity index (χ1) is 12.8. The molecule has 1 aromatic carbocycles. The summed E-state index contributed by atoms with van der Waals surface area (Å²) in [6, 6.07) is 10.0. The number of aromatic nitrogens is 1. The van der Waals surface area contributed by atoms with Crippen LogP contribution < -0.4 is 9.47 Å². The Morgan fingerprint density at radius 1 is 1.08 bits per heavy atom. The molecule has 3 aromatic rings. The number of nitrogens with zero attached hydrogens (tertiary/aromatic N) is 2. The number of morpholine rings is 1. The number of hydrogen-bond acceptors (Lipinski definition) is 5. The number of carbonyl (C=O) groups is 1. The summed E-state index contributed by atoms with van der Waals surface area (Å²) in [5, 5.41) is 2.06. The number of benzene rings is 1. The van der Waals surface area contributed by atoms with Crippen molar-refractivity contribution in [1.82, 2.24) is 9.47 Å². The Labute approximate surface area is 154 Å². The van der Waals surface area contributed by atoms with Gasteiger partial charge in [0.1, 0.15) is 5.69 Å². The smallest absolute Gasteiger partial charge is 0.270 e. The zero-order chi connectivity index (χ0) is 17.5. The molecule has 1 fully saturated rings. The molecule has 0 aliphatic carbocycles. The fourth-order valence-corrected chi connectivity index (χ4v) is 4.30. The van der Waals surface area contributed by atoms with Crippen molar-refractivity contribution in [3.05, 3.63) is 47.0 Å². The van der Waals surface area contributed by atoms with E-state index in [0.29, 0.717) is 32.8 Å². The van der Waals surface area contributed by atoms with E-state index in [4.69, 9.17) is 14.2 Å². The summed E-state index contributed by atoms with van der Waals surface area (Å²) in [6.07, 6.45) is 0. The molecule has 4 heterocycles. The predicted octanol–water partition coefficient (Wildman–Crippen LogP) is 2.95. The summed E-state index contributed by atoms with van der Waals surface area (Å²) in [7, 11) is 0. The summed E-state index contributed by atoms with van der Waals surface area (Å²) in [4.78, 5) is 14.9. The van der Waals surface area contributed by atoms with Crippen LogP contribution in [0, 0.1) is 0 Å². The van der Waals surface area contributed by atoms with Gasteiger partial charge in [-0.15, -0.1) is 11.3 Å². The van der Waals surface area contributed by atoms with Crippen LogP contribution in [0.2, 0.25) is 0 Å². The predicted molar refractivity (Wildman–Crippen MR) is 98.2 cm³/mol. The lowest BCUT2D eigenvalue weighted by Gasteiger charge is -2.27. The second-order valence-electron chi connectivity index (χ2n) is 6.38. The number of ether oxygens (including phenoxy) is 3. The highest BCUT2D eigenvalue weighted by Gasteiger charge is 2.24. The number of carbonyl (C=O) groups excluding carboxylic acids is 1. The Balaban J connectivity index is 1.51. The molecule has 2 aliphatic heterocycles. The molecular formula is C19H18N2O4S. The van der Waals surface area contributed by atoms with E-state index in [1.165, 1.54) is 0 Å². The van der Waals surface area contributed by atoms with Gasteiger partial charge in [0.15, 0.2) is 11.5 Å². The van der Waals surface area contributed by atoms with Gasteiger partial charge in [-0.1, -0.05) is 6.07 Å². The fourth-order valence-electron chi connectivity index (χ4n) is 3.47. The first kappa shape index (κ1) is 15.7. The Hall–Kier alpha value is -2.51. The number of hydrogen-bond donors (Lipinski definition) is 0. The molecule has 0 unspecified atom stereocenters. The van der Waals surface area contributed by atoms with E-state index in [1.54, 1.807) is 11.3 Å². The first-order valence-electron chi connectivity index (χ1n) is 8.62. The first-order valence-corrected chi connectivity index (χ1v) is 9.50. The maximum Gasteiger partial charge on any atom is 0.270 e. The zero-order valence-corrected chi connectivity index (χ0v) is 15.0. The van der Waals surface area contributed by atoms with E-state index < -0.39 is 0 Å². The zero-order valence-electron chi connectivity index (χ0n) is 14.1. The third-order valence-corrected chi connectivity index (χ3v) is 5.67. The van der Waals surface area contributed by atoms with Gasteiger partial charge in [0.25, 0.3) is 5.91 Å². The van der Waals surface area contributed by atoms with E-state index >= 15 is 0 Å². The standard InChI is InChI=1S/C19H18N2O4S/c22-19(20-4-6-23-7-5-20)15-10-18-14(3-8-26-18)21(15)11-13-1-2-16-17(9-13)25-12-24-16/h1-3,8-10H,4-7,11-12H2. The lowest BCUT2D eigenvalue weighted by atomic mass is 10.2. The maximum absolute atomic E-state index is 13.1. The molecular weight excluding hydrogens is 352 g/mol. The van der Waals surface area contributed by atoms with Gasteiger partial charge < -0.3 is 23.7 Å². The lowest BCUT2D eigenvalue weighted by molar-refractivity contribution is 0.0296. The molecule has 0 radical (unpaired) electrons. The highest BCUT2D eigenvalue weighted by molar-refractivity contribution is 7.17. The van der Waals surface area contributed by atoms with Crippen LogP contribution in [0.5, 0.6) is 11.5 Å². The highest BCUT2D eigenvalue weighted by Crippen LogP contribution is 2.34. The van der Waals surface area contributed by atoms with Crippen LogP contribution >= 0.6 is 11.3 Å². The second kappa shape index (κ2) is 6.34. The summed E-state index contributed by atoms with van der Waals surface area (Å²) >= 11 is 1.66. The summed E-state index contributed by atoms with van der Waals surface area (Å²) in [6.45, 7) is 3.36. The van der Waals surface area contributed by atoms with Crippen molar-refractivity contribution in [2.45, 2.75) is 6.54 Å². The summed E-state index contributed by atoms with van der Waals surface area (Å²) < 4.78 is 19.5. The van der Waals surface area contributed by atoms with Gasteiger partial charge in [0, 0.05) is 19.6 Å². The minimum absolute atomic E-state index is 0.0671. The van der Waals surface area contributed by atoms with Crippen LogP contribution in [0.15, 0.2) is 35.7 Å². The van der Waals surface area contributed by atoms with E-state index in [0.717, 1.165) is 33.0 Å². The van der Waals surface area contributed by atoms with E-state index in [1.807, 2.05) is 29.2 Å². The SMILES string of the molecule is O=C(c1cc2sccc2n1Cc1ccc2c(c1)OCO2)N1CCOCC1. The molecule has 0 spiro atoms. The van der Waals surface area contributed by atoms with Crippen molar-refractivity contribution in [2.24, 2.45) is 0 Å². The van der Waals surface area contributed by atoms with Crippen molar-refractivity contribution in [3.63, 3.8) is 0 Å². The summed E-state index contributed by atoms with van der Waals surface area (Å²) in [5.41, 5.74) is 2.89. The van der Waals surface area contributed by atoms with Gasteiger partial charge in [-0.25, -0.2) is 0 Å². The van der Waals surface area contributed by atoms with Crippen molar-refractivity contribution in [1.29, 1.82) is 0 Å². The van der Waals surface area contributed by atoms with E-state index in [-0.39, 0.29) is 12.7 Å². The lowest BCUT2D eigenvalue weighted by Crippen LogP contribution is -2.41. The topological polar surface area (TPSA) is 52.9 Å². The van der Waals surface area contributed by atoms with Crippen LogP contribution in [-0.4, -0.2) is 48.5 Å². The maximum atomic E-state index is 13.1. The van der Waals surface area contributed by atoms with Crippen molar-refractivity contribution < 1.29 is 19.0 Å². The van der Waals surface area contributed by atoms with Crippen LogP contribution in [0.25, 0.3) is 10.2 Å². The minimum atomic E-state index is 0.0671. The van der Waals surface area contributed by atoms with Crippen molar-refractivity contribution in [2.75, 3.05) is 33.1 Å². The minimum Gasteiger partial charge on any atom is -0.454 e. The number of thiophene rings is 1. The molecule has 0 saturated carbocycles. The molecule has 0 N–H and O–H groups in total. The van der Waals surface area contributed by atoms with Crippen LogP contribution in [0.3, 0.4) is 0 Å². The van der Waals surface area contributed by atoms with Gasteiger partial charge >= 0.3 is 0 Å². The van der Waals surface area contributed by atoms with Crippen LogP contribution in [0.4, 0.5) is 0 Å². The van der Waals surface area contributed by atoms with Crippen LogP contribution in [-0.2, 0) is 11.3 Å². The number of fused-ring (bicyclic) bond motifs is 2. The Morgan fingerprint density at radius 3 is 2.81 bits per heavy atom. The van der Waals surface area contributed by atoms with Gasteiger partial charge in [0.05, 0.1) is 23.4 Å². The van der Waals surface area contributed by atoms with Gasteiger partial charge in [0.2, 0.25) is 6.79 Å². The Kier molecular flexibility index (Phi) is 3.83. The molecule has 0 bridgehead atoms. The van der Waals surface area contributed by atoms with Crippen molar-refractivity contribution in [3.8, 4) is 11.5 Å². The summed E-state index contributed by atoms with van der Waals surface area (Å²) in [5.74, 6) is 1.60. The van der Waals surface area contributed by atoms with Gasteiger partial charge in [-0.2, -0.15) is 0 Å². The Morgan fingerprint density at radius 2 is 1.92 bits per heavy atom. The molecule has 134 valence electrons. The third kappa shape index (κ3) is 2.64. The molecule has 26 heavy (non-hydrogen) atoms. The molecule has 2 aliphatic rings. The third-order valence-electron chi connectivity index (χ3n) is 4.82. The monoisotopic (exact) mass is 370 g/mol. The quantitative estimate of drug-likeness (QED) is 0.711. The number of rotatable bonds is 3. The molecule has 6 nitrogen and oxygen atoms in total. The molecule has 0 atom stereocenters. The van der Waals surface area contributed by atoms with Gasteiger partial charge in [-0.05, 0) is 35.2 Å². The van der Waals surface area contributed by atoms with Crippen LogP contribution in [0.1, 0.15) is 16.1 Å². The second-order valence-corrected chi connectivity index (χ2v) is 7.33. The molecule has 5 rings (SSSR count). The average Bonchev–Trinajstić information content (AvgIpc) is 3.38. The fraction of sp³-hybridized carbons (Fsp3) is 0.316. The molecule has 1 amide bonds. The normalized spacial score (nSPS) is 16.4. The Bertz CT molecular complexity index is 971. The highest BCUT2D eigenvalue weighted by atomic mass is 32.1.